The molecule has 0 bridgehead atoms. The summed E-state index contributed by atoms with van der Waals surface area (Å²) >= 11 is 5.64. The van der Waals surface area contributed by atoms with Crippen LogP contribution in [0.4, 0.5) is 0 Å². The van der Waals surface area contributed by atoms with Gasteiger partial charge in [-0.3, -0.25) is 9.59 Å². The monoisotopic (exact) mass is 331 g/mol. The Morgan fingerprint density at radius 2 is 1.45 bits per heavy atom. The van der Waals surface area contributed by atoms with Gasteiger partial charge in [0.1, 0.15) is 11.2 Å². The Labute approximate surface area is 137 Å². The molecule has 0 fully saturated rings. The highest BCUT2D eigenvalue weighted by molar-refractivity contribution is 6.17. The molecule has 1 atom stereocenters. The first-order chi connectivity index (χ1) is 9.91. The summed E-state index contributed by atoms with van der Waals surface area (Å²) in [5.41, 5.74) is -1.49. The molecule has 0 aliphatic carbocycles. The van der Waals surface area contributed by atoms with Crippen molar-refractivity contribution in [2.75, 3.05) is 5.88 Å². The summed E-state index contributed by atoms with van der Waals surface area (Å²) in [5.74, 6) is -3.19. The van der Waals surface area contributed by atoms with Crippen molar-refractivity contribution in [3.8, 4) is 6.07 Å². The molecule has 0 amide bonds. The highest BCUT2D eigenvalue weighted by Crippen LogP contribution is 2.25. The molecular formula is C16H26ClNO4. The molecule has 0 spiro atoms. The van der Waals surface area contributed by atoms with Crippen LogP contribution >= 0.6 is 11.6 Å². The first-order valence-electron chi connectivity index (χ1n) is 7.32. The lowest BCUT2D eigenvalue weighted by Gasteiger charge is -2.28. The second kappa shape index (κ2) is 8.38. The van der Waals surface area contributed by atoms with Crippen molar-refractivity contribution in [3.05, 3.63) is 0 Å². The second-order valence-electron chi connectivity index (χ2n) is 7.11. The van der Waals surface area contributed by atoms with Gasteiger partial charge in [0.15, 0.2) is 5.92 Å². The number of hydrogen-bond donors (Lipinski definition) is 0. The predicted molar refractivity (Wildman–Crippen MR) is 84.2 cm³/mol. The van der Waals surface area contributed by atoms with Gasteiger partial charge in [-0.2, -0.15) is 5.26 Å². The van der Waals surface area contributed by atoms with E-state index < -0.39 is 35.0 Å². The van der Waals surface area contributed by atoms with E-state index in [1.807, 2.05) is 6.07 Å². The smallest absolute Gasteiger partial charge is 0.322 e. The number of esters is 2. The summed E-state index contributed by atoms with van der Waals surface area (Å²) in [4.78, 5) is 24.7. The zero-order chi connectivity index (χ0) is 17.6. The molecule has 126 valence electrons. The summed E-state index contributed by atoms with van der Waals surface area (Å²) in [6.45, 7) is 10.2. The van der Waals surface area contributed by atoms with Crippen molar-refractivity contribution in [3.63, 3.8) is 0 Å². The van der Waals surface area contributed by atoms with Crippen LogP contribution in [-0.2, 0) is 19.1 Å². The van der Waals surface area contributed by atoms with E-state index in [1.165, 1.54) is 0 Å². The molecular weight excluding hydrogens is 306 g/mol. The summed E-state index contributed by atoms with van der Waals surface area (Å²) < 4.78 is 10.5. The van der Waals surface area contributed by atoms with Crippen LogP contribution in [0.1, 0.15) is 54.4 Å². The lowest BCUT2D eigenvalue weighted by atomic mass is 9.89. The number of hydrogen-bond acceptors (Lipinski definition) is 5. The molecule has 0 heterocycles. The van der Waals surface area contributed by atoms with Crippen LogP contribution < -0.4 is 0 Å². The maximum Gasteiger partial charge on any atom is 0.322 e. The minimum Gasteiger partial charge on any atom is -0.459 e. The molecule has 0 aromatic heterocycles. The SMILES string of the molecule is CC(C)(C)OC(=O)C(C(=O)OC(C)(C)C)[C@H](C#N)CCCCl. The van der Waals surface area contributed by atoms with Crippen LogP contribution in [-0.4, -0.2) is 29.0 Å². The Hall–Kier alpha value is -1.28. The number of nitrogens with zero attached hydrogens (tertiary/aromatic N) is 1. The number of halogens is 1. The summed E-state index contributed by atoms with van der Waals surface area (Å²) in [7, 11) is 0. The molecule has 0 rings (SSSR count). The van der Waals surface area contributed by atoms with E-state index in [4.69, 9.17) is 21.1 Å². The fourth-order valence-electron chi connectivity index (χ4n) is 1.76. The summed E-state index contributed by atoms with van der Waals surface area (Å²) in [5, 5.41) is 9.31. The molecule has 5 nitrogen and oxygen atoms in total. The van der Waals surface area contributed by atoms with Gasteiger partial charge in [0.05, 0.1) is 12.0 Å². The van der Waals surface area contributed by atoms with Crippen molar-refractivity contribution >= 4 is 23.5 Å². The zero-order valence-corrected chi connectivity index (χ0v) is 15.0. The molecule has 0 aromatic rings. The average molecular weight is 332 g/mol. The molecule has 6 heteroatoms. The van der Waals surface area contributed by atoms with E-state index in [9.17, 15) is 14.9 Å². The quantitative estimate of drug-likeness (QED) is 0.423. The fraction of sp³-hybridized carbons (Fsp3) is 0.812. The Bertz CT molecular complexity index is 401. The largest absolute Gasteiger partial charge is 0.459 e. The van der Waals surface area contributed by atoms with Crippen molar-refractivity contribution < 1.29 is 19.1 Å². The predicted octanol–water partition coefficient (Wildman–Crippen LogP) is 3.44. The van der Waals surface area contributed by atoms with E-state index in [0.717, 1.165) is 0 Å². The highest BCUT2D eigenvalue weighted by Gasteiger charge is 2.40. The highest BCUT2D eigenvalue weighted by atomic mass is 35.5. The molecule has 0 aliphatic heterocycles. The van der Waals surface area contributed by atoms with Crippen LogP contribution in [0.2, 0.25) is 0 Å². The van der Waals surface area contributed by atoms with Gasteiger partial charge >= 0.3 is 11.9 Å². The van der Waals surface area contributed by atoms with Crippen molar-refractivity contribution in [2.24, 2.45) is 11.8 Å². The van der Waals surface area contributed by atoms with Crippen LogP contribution in [0.5, 0.6) is 0 Å². The summed E-state index contributed by atoms with van der Waals surface area (Å²) in [6.07, 6.45) is 0.866. The lowest BCUT2D eigenvalue weighted by Crippen LogP contribution is -2.40. The molecule has 0 saturated carbocycles. The van der Waals surface area contributed by atoms with Gasteiger partial charge in [-0.05, 0) is 54.4 Å². The Morgan fingerprint density at radius 1 is 1.05 bits per heavy atom. The fourth-order valence-corrected chi connectivity index (χ4v) is 1.91. The minimum atomic E-state index is -1.26. The van der Waals surface area contributed by atoms with Gasteiger partial charge in [0, 0.05) is 5.88 Å². The van der Waals surface area contributed by atoms with Crippen LogP contribution in [0.25, 0.3) is 0 Å². The standard InChI is InChI=1S/C16H26ClNO4/c1-15(2,3)21-13(19)12(11(10-18)8-7-9-17)14(20)22-16(4,5)6/h11-12H,7-9H2,1-6H3/t11-/m0/s1. The molecule has 0 saturated heterocycles. The van der Waals surface area contributed by atoms with E-state index in [0.29, 0.717) is 18.7 Å². The second-order valence-corrected chi connectivity index (χ2v) is 7.49. The number of carbonyl (C=O) groups is 2. The normalized spacial score (nSPS) is 13.4. The third-order valence-corrected chi connectivity index (χ3v) is 2.81. The average Bonchev–Trinajstić information content (AvgIpc) is 2.29. The van der Waals surface area contributed by atoms with Gasteiger partial charge in [-0.1, -0.05) is 0 Å². The maximum absolute atomic E-state index is 12.3. The van der Waals surface area contributed by atoms with Gasteiger partial charge in [-0.15, -0.1) is 11.6 Å². The van der Waals surface area contributed by atoms with Gasteiger partial charge in [0.2, 0.25) is 0 Å². The van der Waals surface area contributed by atoms with Crippen molar-refractivity contribution in [1.29, 1.82) is 5.26 Å². The molecule has 0 aliphatic rings. The van der Waals surface area contributed by atoms with E-state index in [1.54, 1.807) is 41.5 Å². The number of carbonyl (C=O) groups excluding carboxylic acids is 2. The van der Waals surface area contributed by atoms with Crippen LogP contribution in [0, 0.1) is 23.2 Å². The Morgan fingerprint density at radius 3 is 1.73 bits per heavy atom. The number of rotatable bonds is 6. The third-order valence-electron chi connectivity index (χ3n) is 2.54. The summed E-state index contributed by atoms with van der Waals surface area (Å²) in [6, 6.07) is 2.01. The minimum absolute atomic E-state index is 0.336. The first kappa shape index (κ1) is 20.7. The molecule has 0 unspecified atom stereocenters. The third kappa shape index (κ3) is 8.23. The molecule has 0 N–H and O–H groups in total. The zero-order valence-electron chi connectivity index (χ0n) is 14.2. The molecule has 0 aromatic carbocycles. The van der Waals surface area contributed by atoms with E-state index in [-0.39, 0.29) is 0 Å². The Kier molecular flexibility index (Phi) is 7.89. The first-order valence-corrected chi connectivity index (χ1v) is 7.86. The lowest BCUT2D eigenvalue weighted by molar-refractivity contribution is -0.176. The number of ether oxygens (including phenoxy) is 2. The topological polar surface area (TPSA) is 76.4 Å². The molecule has 22 heavy (non-hydrogen) atoms. The molecule has 0 radical (unpaired) electrons. The van der Waals surface area contributed by atoms with Crippen molar-refractivity contribution in [1.82, 2.24) is 0 Å². The van der Waals surface area contributed by atoms with Gasteiger partial charge in [0.25, 0.3) is 0 Å². The Balaban J connectivity index is 5.33. The van der Waals surface area contributed by atoms with Crippen LogP contribution in [0.15, 0.2) is 0 Å². The van der Waals surface area contributed by atoms with Gasteiger partial charge < -0.3 is 9.47 Å². The van der Waals surface area contributed by atoms with E-state index >= 15 is 0 Å². The van der Waals surface area contributed by atoms with Crippen LogP contribution in [0.3, 0.4) is 0 Å². The maximum atomic E-state index is 12.3. The van der Waals surface area contributed by atoms with Crippen molar-refractivity contribution in [2.45, 2.75) is 65.6 Å². The number of nitriles is 1. The van der Waals surface area contributed by atoms with Gasteiger partial charge in [-0.25, -0.2) is 0 Å². The van der Waals surface area contributed by atoms with E-state index in [2.05, 4.69) is 0 Å². The number of alkyl halides is 1.